The molecule has 1 fully saturated rings. The second-order valence-corrected chi connectivity index (χ2v) is 6.69. The third kappa shape index (κ3) is 3.10. The van der Waals surface area contributed by atoms with Crippen LogP contribution in [0.15, 0.2) is 53.1 Å². The predicted octanol–water partition coefficient (Wildman–Crippen LogP) is 3.71. The zero-order valence-electron chi connectivity index (χ0n) is 14.9. The molecule has 134 valence electrons. The number of benzene rings is 1. The number of nitrogens with zero attached hydrogens (tertiary/aromatic N) is 2. The molecule has 2 aromatic heterocycles. The van der Waals surface area contributed by atoms with Gasteiger partial charge in [0.2, 0.25) is 0 Å². The van der Waals surface area contributed by atoms with E-state index >= 15 is 0 Å². The van der Waals surface area contributed by atoms with Crippen molar-refractivity contribution in [3.8, 4) is 11.5 Å². The van der Waals surface area contributed by atoms with E-state index in [1.54, 1.807) is 6.26 Å². The summed E-state index contributed by atoms with van der Waals surface area (Å²) >= 11 is 0. The Morgan fingerprint density at radius 1 is 1.31 bits per heavy atom. The minimum Gasteiger partial charge on any atom is -0.463 e. The topological polar surface area (TPSA) is 58.4 Å². The van der Waals surface area contributed by atoms with Crippen LogP contribution in [0, 0.1) is 0 Å². The summed E-state index contributed by atoms with van der Waals surface area (Å²) in [4.78, 5) is 20.2. The Morgan fingerprint density at radius 2 is 2.19 bits per heavy atom. The maximum absolute atomic E-state index is 13.5. The normalized spacial score (nSPS) is 16.9. The average Bonchev–Trinajstić information content (AvgIpc) is 3.38. The van der Waals surface area contributed by atoms with Crippen molar-refractivity contribution >= 4 is 16.8 Å². The molecule has 0 aliphatic carbocycles. The van der Waals surface area contributed by atoms with Gasteiger partial charge in [0.1, 0.15) is 5.69 Å². The van der Waals surface area contributed by atoms with Gasteiger partial charge in [0.05, 0.1) is 17.3 Å². The van der Waals surface area contributed by atoms with Gasteiger partial charge in [0.25, 0.3) is 5.91 Å². The molecular formula is C21H23N3O2. The fourth-order valence-electron chi connectivity index (χ4n) is 3.65. The van der Waals surface area contributed by atoms with Gasteiger partial charge in [0, 0.05) is 24.5 Å². The second kappa shape index (κ2) is 7.30. The van der Waals surface area contributed by atoms with E-state index < -0.39 is 0 Å². The van der Waals surface area contributed by atoms with E-state index in [9.17, 15) is 4.79 Å². The quantitative estimate of drug-likeness (QED) is 0.763. The molecular weight excluding hydrogens is 326 g/mol. The number of furan rings is 1. The zero-order chi connectivity index (χ0) is 17.9. The van der Waals surface area contributed by atoms with Gasteiger partial charge in [-0.15, -0.1) is 0 Å². The van der Waals surface area contributed by atoms with Crippen molar-refractivity contribution in [2.24, 2.45) is 0 Å². The molecule has 1 atom stereocenters. The van der Waals surface area contributed by atoms with Crippen molar-refractivity contribution in [2.45, 2.75) is 25.8 Å². The minimum absolute atomic E-state index is 0.0759. The molecule has 26 heavy (non-hydrogen) atoms. The lowest BCUT2D eigenvalue weighted by atomic mass is 10.0. The molecule has 5 heteroatoms. The standard InChI is InChI=1S/C21H23N3O2/c1-2-11-24(15-9-10-22-14-15)21(25)17-13-19(20-8-5-12-26-20)23-18-7-4-3-6-16(17)18/h3-8,12-13,15,22H,2,9-11,14H2,1H3. The Morgan fingerprint density at radius 3 is 2.92 bits per heavy atom. The molecule has 0 saturated carbocycles. The van der Waals surface area contributed by atoms with Crippen LogP contribution in [0.25, 0.3) is 22.4 Å². The average molecular weight is 349 g/mol. The molecule has 1 amide bonds. The number of amides is 1. The maximum atomic E-state index is 13.5. The van der Waals surface area contributed by atoms with E-state index in [4.69, 9.17) is 4.42 Å². The van der Waals surface area contributed by atoms with Gasteiger partial charge in [-0.25, -0.2) is 4.98 Å². The number of rotatable bonds is 5. The first-order valence-corrected chi connectivity index (χ1v) is 9.23. The molecule has 0 spiro atoms. The largest absolute Gasteiger partial charge is 0.463 e. The molecule has 1 unspecified atom stereocenters. The zero-order valence-corrected chi connectivity index (χ0v) is 14.9. The fourth-order valence-corrected chi connectivity index (χ4v) is 3.65. The number of pyridine rings is 1. The Kier molecular flexibility index (Phi) is 4.71. The molecule has 1 aromatic carbocycles. The van der Waals surface area contributed by atoms with Gasteiger partial charge in [-0.3, -0.25) is 4.79 Å². The summed E-state index contributed by atoms with van der Waals surface area (Å²) in [6.07, 6.45) is 3.57. The van der Waals surface area contributed by atoms with Gasteiger partial charge in [-0.05, 0) is 43.7 Å². The Balaban J connectivity index is 1.81. The summed E-state index contributed by atoms with van der Waals surface area (Å²) in [5, 5.41) is 4.26. The lowest BCUT2D eigenvalue weighted by Crippen LogP contribution is -2.42. The van der Waals surface area contributed by atoms with Crippen molar-refractivity contribution in [1.29, 1.82) is 0 Å². The van der Waals surface area contributed by atoms with E-state index in [1.165, 1.54) is 0 Å². The summed E-state index contributed by atoms with van der Waals surface area (Å²) in [6, 6.07) is 13.6. The SMILES string of the molecule is CCCN(C(=O)c1cc(-c2ccco2)nc2ccccc12)C1CCNC1. The highest BCUT2D eigenvalue weighted by Crippen LogP contribution is 2.27. The lowest BCUT2D eigenvalue weighted by molar-refractivity contribution is 0.0694. The van der Waals surface area contributed by atoms with Gasteiger partial charge in [0.15, 0.2) is 5.76 Å². The molecule has 1 N–H and O–H groups in total. The van der Waals surface area contributed by atoms with E-state index in [-0.39, 0.29) is 11.9 Å². The highest BCUT2D eigenvalue weighted by molar-refractivity contribution is 6.07. The van der Waals surface area contributed by atoms with Gasteiger partial charge in [-0.1, -0.05) is 25.1 Å². The molecule has 1 aliphatic rings. The first-order chi connectivity index (χ1) is 12.8. The first kappa shape index (κ1) is 16.8. The summed E-state index contributed by atoms with van der Waals surface area (Å²) in [7, 11) is 0. The molecule has 3 heterocycles. The highest BCUT2D eigenvalue weighted by atomic mass is 16.3. The summed E-state index contributed by atoms with van der Waals surface area (Å²) < 4.78 is 5.51. The number of para-hydroxylation sites is 1. The van der Waals surface area contributed by atoms with Crippen molar-refractivity contribution in [3.63, 3.8) is 0 Å². The van der Waals surface area contributed by atoms with Crippen LogP contribution in [0.5, 0.6) is 0 Å². The molecule has 0 bridgehead atoms. The van der Waals surface area contributed by atoms with Crippen LogP contribution in [0.3, 0.4) is 0 Å². The van der Waals surface area contributed by atoms with Crippen molar-refractivity contribution in [3.05, 3.63) is 54.3 Å². The van der Waals surface area contributed by atoms with Gasteiger partial charge in [-0.2, -0.15) is 0 Å². The number of aromatic nitrogens is 1. The van der Waals surface area contributed by atoms with Gasteiger partial charge < -0.3 is 14.6 Å². The van der Waals surface area contributed by atoms with E-state index in [2.05, 4.69) is 17.2 Å². The lowest BCUT2D eigenvalue weighted by Gasteiger charge is -2.29. The van der Waals surface area contributed by atoms with Crippen molar-refractivity contribution in [1.82, 2.24) is 15.2 Å². The third-order valence-corrected chi connectivity index (χ3v) is 4.92. The summed E-state index contributed by atoms with van der Waals surface area (Å²) in [5.74, 6) is 0.751. The molecule has 3 aromatic rings. The number of carbonyl (C=O) groups is 1. The minimum atomic E-state index is 0.0759. The van der Waals surface area contributed by atoms with E-state index in [0.29, 0.717) is 17.0 Å². The van der Waals surface area contributed by atoms with Crippen LogP contribution in [-0.4, -0.2) is 41.5 Å². The Hall–Kier alpha value is -2.66. The van der Waals surface area contributed by atoms with Crippen LogP contribution in [0.4, 0.5) is 0 Å². The van der Waals surface area contributed by atoms with Gasteiger partial charge >= 0.3 is 0 Å². The van der Waals surface area contributed by atoms with E-state index in [1.807, 2.05) is 47.4 Å². The molecule has 1 aliphatic heterocycles. The van der Waals surface area contributed by atoms with Crippen LogP contribution in [0.2, 0.25) is 0 Å². The first-order valence-electron chi connectivity index (χ1n) is 9.23. The Bertz CT molecular complexity index is 899. The number of carbonyl (C=O) groups excluding carboxylic acids is 1. The Labute approximate surface area is 153 Å². The molecule has 5 nitrogen and oxygen atoms in total. The summed E-state index contributed by atoms with van der Waals surface area (Å²) in [6.45, 7) is 4.70. The number of fused-ring (bicyclic) bond motifs is 1. The van der Waals surface area contributed by atoms with Crippen LogP contribution < -0.4 is 5.32 Å². The smallest absolute Gasteiger partial charge is 0.254 e. The molecule has 4 rings (SSSR count). The van der Waals surface area contributed by atoms with Crippen molar-refractivity contribution < 1.29 is 9.21 Å². The third-order valence-electron chi connectivity index (χ3n) is 4.92. The predicted molar refractivity (Wildman–Crippen MR) is 102 cm³/mol. The van der Waals surface area contributed by atoms with E-state index in [0.717, 1.165) is 43.4 Å². The molecule has 1 saturated heterocycles. The summed E-state index contributed by atoms with van der Waals surface area (Å²) in [5.41, 5.74) is 2.20. The number of hydrogen-bond acceptors (Lipinski definition) is 4. The van der Waals surface area contributed by atoms with Crippen molar-refractivity contribution in [2.75, 3.05) is 19.6 Å². The van der Waals surface area contributed by atoms with Crippen LogP contribution in [-0.2, 0) is 0 Å². The number of hydrogen-bond donors (Lipinski definition) is 1. The van der Waals surface area contributed by atoms with Crippen LogP contribution in [0.1, 0.15) is 30.1 Å². The highest BCUT2D eigenvalue weighted by Gasteiger charge is 2.28. The second-order valence-electron chi connectivity index (χ2n) is 6.69. The maximum Gasteiger partial charge on any atom is 0.254 e. The monoisotopic (exact) mass is 349 g/mol. The number of nitrogens with one attached hydrogen (secondary N) is 1. The van der Waals surface area contributed by atoms with Crippen LogP contribution >= 0.6 is 0 Å². The fraction of sp³-hybridized carbons (Fsp3) is 0.333. The molecule has 0 radical (unpaired) electrons.